The maximum Gasteiger partial charge on any atom is 0.282 e. The summed E-state index contributed by atoms with van der Waals surface area (Å²) in [5, 5.41) is 2.61. The first-order chi connectivity index (χ1) is 9.82. The van der Waals surface area contributed by atoms with E-state index in [0.717, 1.165) is 8.61 Å². The summed E-state index contributed by atoms with van der Waals surface area (Å²) in [6.07, 6.45) is 0. The second-order valence-electron chi connectivity index (χ2n) is 4.69. The van der Waals surface area contributed by atoms with Gasteiger partial charge < -0.3 is 5.32 Å². The number of halogens is 1. The molecule has 6 nitrogen and oxygen atoms in total. The van der Waals surface area contributed by atoms with Gasteiger partial charge in [-0.3, -0.25) is 4.79 Å². The van der Waals surface area contributed by atoms with Crippen molar-refractivity contribution in [3.05, 3.63) is 30.1 Å². The third-order valence-electron chi connectivity index (χ3n) is 3.01. The minimum absolute atomic E-state index is 0.238. The first kappa shape index (κ1) is 16.2. The molecular weight excluding hydrogens is 317 g/mol. The first-order valence-corrected chi connectivity index (χ1v) is 8.71. The summed E-state index contributed by atoms with van der Waals surface area (Å²) in [6.45, 7) is 0. The molecule has 0 radical (unpaired) electrons. The minimum atomic E-state index is -3.64. The van der Waals surface area contributed by atoms with Crippen LogP contribution in [0.15, 0.2) is 24.3 Å². The zero-order valence-electron chi connectivity index (χ0n) is 11.6. The molecule has 1 aliphatic rings. The molecule has 1 aliphatic heterocycles. The van der Waals surface area contributed by atoms with Crippen molar-refractivity contribution in [1.29, 1.82) is 0 Å². The number of carbonyl (C=O) groups excluding carboxylic acids is 1. The van der Waals surface area contributed by atoms with Gasteiger partial charge in [-0.1, -0.05) is 0 Å². The van der Waals surface area contributed by atoms with Crippen LogP contribution in [0, 0.1) is 5.82 Å². The molecule has 21 heavy (non-hydrogen) atoms. The number of nitrogens with zero attached hydrogens (tertiary/aromatic N) is 2. The number of hydrogen-bond acceptors (Lipinski definition) is 4. The van der Waals surface area contributed by atoms with Gasteiger partial charge in [-0.25, -0.2) is 4.39 Å². The quantitative estimate of drug-likeness (QED) is 0.890. The average molecular weight is 333 g/mol. The molecule has 9 heteroatoms. The minimum Gasteiger partial charge on any atom is -0.325 e. The van der Waals surface area contributed by atoms with Crippen molar-refractivity contribution in [2.24, 2.45) is 0 Å². The lowest BCUT2D eigenvalue weighted by molar-refractivity contribution is -0.118. The van der Waals surface area contributed by atoms with Crippen LogP contribution in [0.5, 0.6) is 0 Å². The Balaban J connectivity index is 2.13. The van der Waals surface area contributed by atoms with Gasteiger partial charge >= 0.3 is 0 Å². The highest BCUT2D eigenvalue weighted by Crippen LogP contribution is 2.26. The lowest BCUT2D eigenvalue weighted by atomic mass is 10.2. The molecule has 1 fully saturated rings. The molecule has 1 unspecified atom stereocenters. The smallest absolute Gasteiger partial charge is 0.282 e. The van der Waals surface area contributed by atoms with Crippen LogP contribution in [-0.4, -0.2) is 54.7 Å². The average Bonchev–Trinajstić information content (AvgIpc) is 2.91. The fourth-order valence-corrected chi connectivity index (χ4v) is 4.61. The van der Waals surface area contributed by atoms with E-state index in [1.165, 1.54) is 50.1 Å². The molecule has 0 aromatic heterocycles. The molecular formula is C12H16FN3O3S2. The fraction of sp³-hybridized carbons (Fsp3) is 0.417. The number of thioether (sulfide) groups is 1. The van der Waals surface area contributed by atoms with E-state index in [1.807, 2.05) is 0 Å². The van der Waals surface area contributed by atoms with Crippen molar-refractivity contribution in [1.82, 2.24) is 8.61 Å². The summed E-state index contributed by atoms with van der Waals surface area (Å²) >= 11 is 1.38. The van der Waals surface area contributed by atoms with E-state index in [2.05, 4.69) is 5.32 Å². The second kappa shape index (κ2) is 6.30. The standard InChI is InChI=1S/C12H16FN3O3S2/c1-15(2)21(18,19)16-8-20-7-11(16)12(17)14-10-5-3-9(13)4-6-10/h3-6,11H,7-8H2,1-2H3,(H,14,17). The molecule has 0 aliphatic carbocycles. The van der Waals surface area contributed by atoms with E-state index in [0.29, 0.717) is 11.4 Å². The number of hydrogen-bond donors (Lipinski definition) is 1. The molecule has 1 saturated heterocycles. The van der Waals surface area contributed by atoms with Crippen LogP contribution in [-0.2, 0) is 15.0 Å². The number of anilines is 1. The highest BCUT2D eigenvalue weighted by atomic mass is 32.2. The van der Waals surface area contributed by atoms with Gasteiger partial charge in [0, 0.05) is 25.5 Å². The van der Waals surface area contributed by atoms with Gasteiger partial charge in [0.25, 0.3) is 10.2 Å². The van der Waals surface area contributed by atoms with E-state index in [1.54, 1.807) is 0 Å². The van der Waals surface area contributed by atoms with Crippen LogP contribution in [0.25, 0.3) is 0 Å². The number of carbonyl (C=O) groups is 1. The largest absolute Gasteiger partial charge is 0.325 e. The maximum absolute atomic E-state index is 12.8. The third kappa shape index (κ3) is 3.54. The predicted octanol–water partition coefficient (Wildman–Crippen LogP) is 0.945. The summed E-state index contributed by atoms with van der Waals surface area (Å²) < 4.78 is 39.4. The van der Waals surface area contributed by atoms with Gasteiger partial charge in [0.1, 0.15) is 11.9 Å². The SMILES string of the molecule is CN(C)S(=O)(=O)N1CSCC1C(=O)Nc1ccc(F)cc1. The van der Waals surface area contributed by atoms with Crippen molar-refractivity contribution < 1.29 is 17.6 Å². The van der Waals surface area contributed by atoms with E-state index in [-0.39, 0.29) is 5.88 Å². The van der Waals surface area contributed by atoms with Gasteiger partial charge in [-0.15, -0.1) is 11.8 Å². The summed E-state index contributed by atoms with van der Waals surface area (Å²) in [4.78, 5) is 12.2. The molecule has 1 aromatic carbocycles. The van der Waals surface area contributed by atoms with Gasteiger partial charge in [-0.05, 0) is 24.3 Å². The molecule has 1 N–H and O–H groups in total. The van der Waals surface area contributed by atoms with Crippen LogP contribution < -0.4 is 5.32 Å². The summed E-state index contributed by atoms with van der Waals surface area (Å²) in [7, 11) is -0.797. The molecule has 1 heterocycles. The van der Waals surface area contributed by atoms with Crippen LogP contribution in [0.4, 0.5) is 10.1 Å². The van der Waals surface area contributed by atoms with Gasteiger partial charge in [0.2, 0.25) is 5.91 Å². The molecule has 1 amide bonds. The Morgan fingerprint density at radius 3 is 2.57 bits per heavy atom. The molecule has 0 saturated carbocycles. The Kier molecular flexibility index (Phi) is 4.87. The monoisotopic (exact) mass is 333 g/mol. The van der Waals surface area contributed by atoms with E-state index >= 15 is 0 Å². The third-order valence-corrected chi connectivity index (χ3v) is 6.09. The van der Waals surface area contributed by atoms with Gasteiger partial charge in [0.15, 0.2) is 0 Å². The van der Waals surface area contributed by atoms with Crippen LogP contribution in [0.1, 0.15) is 0 Å². The van der Waals surface area contributed by atoms with Crippen molar-refractivity contribution >= 4 is 33.6 Å². The highest BCUT2D eigenvalue weighted by molar-refractivity contribution is 8.00. The lowest BCUT2D eigenvalue weighted by Crippen LogP contribution is -2.48. The Morgan fingerprint density at radius 2 is 2.00 bits per heavy atom. The fourth-order valence-electron chi connectivity index (χ4n) is 1.83. The molecule has 1 atom stereocenters. The highest BCUT2D eigenvalue weighted by Gasteiger charge is 2.40. The Morgan fingerprint density at radius 1 is 1.38 bits per heavy atom. The first-order valence-electron chi connectivity index (χ1n) is 6.16. The van der Waals surface area contributed by atoms with Crippen LogP contribution in [0.3, 0.4) is 0 Å². The normalized spacial score (nSPS) is 19.9. The van der Waals surface area contributed by atoms with Crippen LogP contribution in [0.2, 0.25) is 0 Å². The molecule has 1 aromatic rings. The maximum atomic E-state index is 12.8. The molecule has 116 valence electrons. The van der Waals surface area contributed by atoms with Gasteiger partial charge in [0.05, 0.1) is 5.88 Å². The zero-order chi connectivity index (χ0) is 15.6. The van der Waals surface area contributed by atoms with E-state index < -0.39 is 28.0 Å². The Labute approximate surface area is 127 Å². The van der Waals surface area contributed by atoms with Crippen LogP contribution >= 0.6 is 11.8 Å². The number of amides is 1. The summed E-state index contributed by atoms with van der Waals surface area (Å²) in [5.74, 6) is -0.194. The number of rotatable bonds is 4. The summed E-state index contributed by atoms with van der Waals surface area (Å²) in [6, 6.07) is 4.55. The van der Waals surface area contributed by atoms with E-state index in [9.17, 15) is 17.6 Å². The van der Waals surface area contributed by atoms with Crippen molar-refractivity contribution in [3.8, 4) is 0 Å². The van der Waals surface area contributed by atoms with Crippen molar-refractivity contribution in [2.45, 2.75) is 6.04 Å². The predicted molar refractivity (Wildman–Crippen MR) is 80.6 cm³/mol. The summed E-state index contributed by atoms with van der Waals surface area (Å²) in [5.41, 5.74) is 0.431. The zero-order valence-corrected chi connectivity index (χ0v) is 13.2. The van der Waals surface area contributed by atoms with E-state index in [4.69, 9.17) is 0 Å². The van der Waals surface area contributed by atoms with Crippen molar-refractivity contribution in [2.75, 3.05) is 31.0 Å². The van der Waals surface area contributed by atoms with Gasteiger partial charge in [-0.2, -0.15) is 17.0 Å². The Hall–Kier alpha value is -1.16. The Bertz CT molecular complexity index is 619. The lowest BCUT2D eigenvalue weighted by Gasteiger charge is -2.25. The topological polar surface area (TPSA) is 69.7 Å². The number of benzene rings is 1. The molecule has 2 rings (SSSR count). The second-order valence-corrected chi connectivity index (χ2v) is 7.78. The molecule has 0 spiro atoms. The number of nitrogens with one attached hydrogen (secondary N) is 1. The molecule has 0 bridgehead atoms. The van der Waals surface area contributed by atoms with Crippen molar-refractivity contribution in [3.63, 3.8) is 0 Å².